The zero-order valence-electron chi connectivity index (χ0n) is 12.5. The van der Waals surface area contributed by atoms with Crippen molar-refractivity contribution in [2.45, 2.75) is 33.7 Å². The average Bonchev–Trinajstić information content (AvgIpc) is 2.45. The maximum Gasteiger partial charge on any atom is 0.213 e. The van der Waals surface area contributed by atoms with E-state index < -0.39 is 0 Å². The summed E-state index contributed by atoms with van der Waals surface area (Å²) in [5, 5.41) is 0. The maximum absolute atomic E-state index is 5.91. The summed E-state index contributed by atoms with van der Waals surface area (Å²) in [5.74, 6) is 1.24. The first-order valence-corrected chi connectivity index (χ1v) is 6.83. The zero-order valence-corrected chi connectivity index (χ0v) is 14.8. The Bertz CT molecular complexity index is 391. The van der Waals surface area contributed by atoms with Crippen molar-refractivity contribution in [3.8, 4) is 5.88 Å². The van der Waals surface area contributed by atoms with Gasteiger partial charge in [-0.2, -0.15) is 0 Å². The molecule has 114 valence electrons. The Morgan fingerprint density at radius 1 is 1.30 bits per heavy atom. The third-order valence-corrected chi connectivity index (χ3v) is 2.76. The molecule has 0 bridgehead atoms. The van der Waals surface area contributed by atoms with E-state index in [0.717, 1.165) is 25.1 Å². The van der Waals surface area contributed by atoms with Gasteiger partial charge < -0.3 is 15.4 Å². The first kappa shape index (κ1) is 18.9. The number of nitrogens with zero attached hydrogens (tertiary/aromatic N) is 3. The number of aromatic nitrogens is 1. The Kier molecular flexibility index (Phi) is 10.1. The van der Waals surface area contributed by atoms with Crippen LogP contribution >= 0.6 is 24.0 Å². The molecule has 1 aromatic heterocycles. The highest BCUT2D eigenvalue weighted by Gasteiger charge is 2.02. The molecule has 1 heterocycles. The molecule has 0 amide bonds. The van der Waals surface area contributed by atoms with Gasteiger partial charge in [-0.05, 0) is 25.8 Å². The van der Waals surface area contributed by atoms with Crippen LogP contribution in [0.5, 0.6) is 5.88 Å². The number of ether oxygens (including phenoxy) is 1. The standard InChI is InChI=1S/C14H24N4O.HI/c1-4-9-19-13-8-7-12(10-16-13)11-17-14(15)18(5-2)6-3;/h7-8,10H,4-6,9,11H2,1-3H3,(H2,15,17);1H. The molecule has 0 atom stereocenters. The van der Waals surface area contributed by atoms with Crippen molar-refractivity contribution in [3.05, 3.63) is 23.9 Å². The van der Waals surface area contributed by atoms with Crippen molar-refractivity contribution in [2.24, 2.45) is 10.7 Å². The topological polar surface area (TPSA) is 63.7 Å². The van der Waals surface area contributed by atoms with E-state index in [9.17, 15) is 0 Å². The normalized spacial score (nSPS) is 10.8. The number of pyridine rings is 1. The van der Waals surface area contributed by atoms with Crippen LogP contribution in [0.15, 0.2) is 23.3 Å². The molecule has 0 fully saturated rings. The van der Waals surface area contributed by atoms with E-state index in [0.29, 0.717) is 25.0 Å². The van der Waals surface area contributed by atoms with Crippen LogP contribution < -0.4 is 10.5 Å². The van der Waals surface area contributed by atoms with Gasteiger partial charge in [0.05, 0.1) is 13.2 Å². The van der Waals surface area contributed by atoms with Crippen molar-refractivity contribution in [1.29, 1.82) is 0 Å². The molecule has 0 aliphatic rings. The average molecular weight is 392 g/mol. The minimum absolute atomic E-state index is 0. The van der Waals surface area contributed by atoms with E-state index in [1.54, 1.807) is 6.20 Å². The molecule has 0 spiro atoms. The SMILES string of the molecule is CCCOc1ccc(CN=C(N)N(CC)CC)cn1.I. The first-order valence-electron chi connectivity index (χ1n) is 6.83. The van der Waals surface area contributed by atoms with Crippen molar-refractivity contribution >= 4 is 29.9 Å². The van der Waals surface area contributed by atoms with E-state index in [-0.39, 0.29) is 24.0 Å². The molecule has 0 radical (unpaired) electrons. The number of hydrogen-bond acceptors (Lipinski definition) is 3. The number of hydrogen-bond donors (Lipinski definition) is 1. The molecule has 1 rings (SSSR count). The van der Waals surface area contributed by atoms with Crippen LogP contribution in [0.3, 0.4) is 0 Å². The van der Waals surface area contributed by atoms with Gasteiger partial charge in [0, 0.05) is 25.4 Å². The van der Waals surface area contributed by atoms with Gasteiger partial charge in [-0.3, -0.25) is 0 Å². The molecular weight excluding hydrogens is 367 g/mol. The summed E-state index contributed by atoms with van der Waals surface area (Å²) in [6.07, 6.45) is 2.76. The minimum atomic E-state index is 0. The lowest BCUT2D eigenvalue weighted by molar-refractivity contribution is 0.305. The van der Waals surface area contributed by atoms with Crippen LogP contribution in [0.2, 0.25) is 0 Å². The van der Waals surface area contributed by atoms with Crippen LogP contribution in [0.1, 0.15) is 32.8 Å². The lowest BCUT2D eigenvalue weighted by atomic mass is 10.3. The van der Waals surface area contributed by atoms with Crippen molar-refractivity contribution < 1.29 is 4.74 Å². The van der Waals surface area contributed by atoms with E-state index in [1.165, 1.54) is 0 Å². The van der Waals surface area contributed by atoms with Crippen molar-refractivity contribution in [1.82, 2.24) is 9.88 Å². The lowest BCUT2D eigenvalue weighted by Gasteiger charge is -2.19. The smallest absolute Gasteiger partial charge is 0.213 e. The van der Waals surface area contributed by atoms with Gasteiger partial charge in [0.1, 0.15) is 0 Å². The molecule has 0 saturated heterocycles. The number of guanidine groups is 1. The highest BCUT2D eigenvalue weighted by molar-refractivity contribution is 14.0. The Balaban J connectivity index is 0.00000361. The molecule has 0 unspecified atom stereocenters. The van der Waals surface area contributed by atoms with Gasteiger partial charge in [-0.15, -0.1) is 24.0 Å². The van der Waals surface area contributed by atoms with Gasteiger partial charge in [0.25, 0.3) is 0 Å². The van der Waals surface area contributed by atoms with Gasteiger partial charge in [0.2, 0.25) is 5.88 Å². The van der Waals surface area contributed by atoms with Crippen LogP contribution in [0.25, 0.3) is 0 Å². The zero-order chi connectivity index (χ0) is 14.1. The van der Waals surface area contributed by atoms with Crippen LogP contribution in [0.4, 0.5) is 0 Å². The monoisotopic (exact) mass is 392 g/mol. The summed E-state index contributed by atoms with van der Waals surface area (Å²) in [7, 11) is 0. The minimum Gasteiger partial charge on any atom is -0.478 e. The summed E-state index contributed by atoms with van der Waals surface area (Å²) >= 11 is 0. The second-order valence-corrected chi connectivity index (χ2v) is 4.20. The predicted molar refractivity (Wildman–Crippen MR) is 93.7 cm³/mol. The third kappa shape index (κ3) is 6.40. The Morgan fingerprint density at radius 2 is 2.00 bits per heavy atom. The van der Waals surface area contributed by atoms with Gasteiger partial charge in [-0.25, -0.2) is 9.98 Å². The molecule has 1 aromatic rings. The summed E-state index contributed by atoms with van der Waals surface area (Å²) in [6.45, 7) is 9.17. The number of nitrogens with two attached hydrogens (primary N) is 1. The van der Waals surface area contributed by atoms with Crippen LogP contribution in [-0.2, 0) is 6.54 Å². The number of rotatable bonds is 7. The Morgan fingerprint density at radius 3 is 2.50 bits per heavy atom. The fraction of sp³-hybridized carbons (Fsp3) is 0.571. The van der Waals surface area contributed by atoms with Crippen LogP contribution in [0, 0.1) is 0 Å². The quantitative estimate of drug-likeness (QED) is 0.440. The Hall–Kier alpha value is -1.05. The molecule has 6 heteroatoms. The highest BCUT2D eigenvalue weighted by atomic mass is 127. The lowest BCUT2D eigenvalue weighted by Crippen LogP contribution is -2.37. The van der Waals surface area contributed by atoms with E-state index >= 15 is 0 Å². The molecule has 2 N–H and O–H groups in total. The summed E-state index contributed by atoms with van der Waals surface area (Å²) < 4.78 is 5.43. The molecule has 0 aliphatic carbocycles. The first-order chi connectivity index (χ1) is 9.21. The summed E-state index contributed by atoms with van der Waals surface area (Å²) in [6, 6.07) is 3.84. The number of halogens is 1. The molecule has 5 nitrogen and oxygen atoms in total. The second kappa shape index (κ2) is 10.7. The van der Waals surface area contributed by atoms with Crippen molar-refractivity contribution in [3.63, 3.8) is 0 Å². The predicted octanol–water partition coefficient (Wildman–Crippen LogP) is 2.64. The van der Waals surface area contributed by atoms with Crippen molar-refractivity contribution in [2.75, 3.05) is 19.7 Å². The third-order valence-electron chi connectivity index (χ3n) is 2.76. The van der Waals surface area contributed by atoms with E-state index in [4.69, 9.17) is 10.5 Å². The fourth-order valence-corrected chi connectivity index (χ4v) is 1.62. The highest BCUT2D eigenvalue weighted by Crippen LogP contribution is 2.08. The van der Waals surface area contributed by atoms with Gasteiger partial charge in [0.15, 0.2) is 5.96 Å². The van der Waals surface area contributed by atoms with E-state index in [1.807, 2.05) is 17.0 Å². The molecule has 20 heavy (non-hydrogen) atoms. The summed E-state index contributed by atoms with van der Waals surface area (Å²) in [4.78, 5) is 10.6. The maximum atomic E-state index is 5.91. The number of aliphatic imine (C=N–C) groups is 1. The van der Waals surface area contributed by atoms with Gasteiger partial charge >= 0.3 is 0 Å². The second-order valence-electron chi connectivity index (χ2n) is 4.20. The Labute approximate surface area is 138 Å². The molecule has 0 aliphatic heterocycles. The van der Waals surface area contributed by atoms with E-state index in [2.05, 4.69) is 30.7 Å². The fourth-order valence-electron chi connectivity index (χ4n) is 1.62. The van der Waals surface area contributed by atoms with Crippen LogP contribution in [-0.4, -0.2) is 35.5 Å². The molecule has 0 saturated carbocycles. The largest absolute Gasteiger partial charge is 0.478 e. The molecule has 0 aromatic carbocycles. The molecular formula is C14H25IN4O. The summed E-state index contributed by atoms with van der Waals surface area (Å²) in [5.41, 5.74) is 6.94. The van der Waals surface area contributed by atoms with Gasteiger partial charge in [-0.1, -0.05) is 13.0 Å².